The first-order valence-corrected chi connectivity index (χ1v) is 6.29. The van der Waals surface area contributed by atoms with Gasteiger partial charge in [0.15, 0.2) is 0 Å². The van der Waals surface area contributed by atoms with Crippen LogP contribution in [0.1, 0.15) is 20.3 Å². The fourth-order valence-electron chi connectivity index (χ4n) is 1.44. The number of carboxylic acid groups (broad SMARTS) is 1. The SMILES string of the molecule is CCN(CCC(=O)O)C(=O)N(CC)CC(=O)N(C)C. The molecule has 0 aliphatic rings. The maximum absolute atomic E-state index is 12.2. The van der Waals surface area contributed by atoms with Gasteiger partial charge in [-0.05, 0) is 13.8 Å². The van der Waals surface area contributed by atoms with E-state index in [2.05, 4.69) is 0 Å². The molecule has 0 unspecified atom stereocenters. The topological polar surface area (TPSA) is 81.2 Å². The zero-order valence-corrected chi connectivity index (χ0v) is 12.0. The molecule has 0 saturated heterocycles. The van der Waals surface area contributed by atoms with Crippen molar-refractivity contribution < 1.29 is 19.5 Å². The van der Waals surface area contributed by atoms with Crippen LogP contribution in [-0.4, -0.2) is 78.0 Å². The van der Waals surface area contributed by atoms with Crippen molar-refractivity contribution in [3.05, 3.63) is 0 Å². The van der Waals surface area contributed by atoms with Gasteiger partial charge in [-0.3, -0.25) is 9.59 Å². The van der Waals surface area contributed by atoms with Crippen LogP contribution in [0.3, 0.4) is 0 Å². The molecule has 0 aliphatic heterocycles. The molecule has 0 aromatic heterocycles. The third kappa shape index (κ3) is 6.08. The van der Waals surface area contributed by atoms with Crippen molar-refractivity contribution in [3.63, 3.8) is 0 Å². The summed E-state index contributed by atoms with van der Waals surface area (Å²) in [5, 5.41) is 8.64. The maximum Gasteiger partial charge on any atom is 0.320 e. The number of nitrogens with zero attached hydrogens (tertiary/aromatic N) is 3. The van der Waals surface area contributed by atoms with Crippen LogP contribution in [0.4, 0.5) is 4.79 Å². The Balaban J connectivity index is 4.60. The number of likely N-dealkylation sites (N-methyl/N-ethyl adjacent to an activating group) is 2. The minimum atomic E-state index is -0.946. The lowest BCUT2D eigenvalue weighted by molar-refractivity contribution is -0.137. The molecule has 1 N–H and O–H groups in total. The molecule has 0 atom stereocenters. The molecule has 0 radical (unpaired) electrons. The number of carbonyl (C=O) groups excluding carboxylic acids is 2. The van der Waals surface area contributed by atoms with E-state index < -0.39 is 5.97 Å². The zero-order chi connectivity index (χ0) is 15.0. The van der Waals surface area contributed by atoms with E-state index in [1.54, 1.807) is 27.9 Å². The quantitative estimate of drug-likeness (QED) is 0.724. The summed E-state index contributed by atoms with van der Waals surface area (Å²) in [5.41, 5.74) is 0. The molecule has 7 heteroatoms. The number of aliphatic carboxylic acids is 1. The summed E-state index contributed by atoms with van der Waals surface area (Å²) in [6.45, 7) is 4.54. The van der Waals surface area contributed by atoms with E-state index in [9.17, 15) is 14.4 Å². The van der Waals surface area contributed by atoms with E-state index >= 15 is 0 Å². The highest BCUT2D eigenvalue weighted by Gasteiger charge is 2.21. The molecule has 0 aromatic carbocycles. The Kier molecular flexibility index (Phi) is 7.55. The van der Waals surface area contributed by atoms with Crippen LogP contribution in [0.5, 0.6) is 0 Å². The normalized spacial score (nSPS) is 9.89. The van der Waals surface area contributed by atoms with Gasteiger partial charge in [-0.1, -0.05) is 0 Å². The fraction of sp³-hybridized carbons (Fsp3) is 0.750. The first kappa shape index (κ1) is 17.2. The average Bonchev–Trinajstić information content (AvgIpc) is 2.35. The Morgan fingerprint density at radius 2 is 1.53 bits per heavy atom. The molecule has 3 amide bonds. The van der Waals surface area contributed by atoms with Gasteiger partial charge >= 0.3 is 12.0 Å². The van der Waals surface area contributed by atoms with Crippen LogP contribution in [0.15, 0.2) is 0 Å². The third-order valence-electron chi connectivity index (χ3n) is 2.72. The Bertz CT molecular complexity index is 331. The predicted molar refractivity (Wildman–Crippen MR) is 70.8 cm³/mol. The average molecular weight is 273 g/mol. The van der Waals surface area contributed by atoms with Crippen molar-refractivity contribution in [2.45, 2.75) is 20.3 Å². The number of amides is 3. The van der Waals surface area contributed by atoms with Crippen LogP contribution in [-0.2, 0) is 9.59 Å². The Hall–Kier alpha value is -1.79. The predicted octanol–water partition coefficient (Wildman–Crippen LogP) is 0.313. The van der Waals surface area contributed by atoms with Gasteiger partial charge in [0.1, 0.15) is 6.54 Å². The molecule has 0 aromatic rings. The molecular formula is C12H23N3O4. The van der Waals surface area contributed by atoms with Gasteiger partial charge in [-0.15, -0.1) is 0 Å². The van der Waals surface area contributed by atoms with Crippen LogP contribution < -0.4 is 0 Å². The van der Waals surface area contributed by atoms with Crippen molar-refractivity contribution in [2.75, 3.05) is 40.3 Å². The monoisotopic (exact) mass is 273 g/mol. The van der Waals surface area contributed by atoms with Gasteiger partial charge in [0.2, 0.25) is 5.91 Å². The molecule has 0 spiro atoms. The third-order valence-corrected chi connectivity index (χ3v) is 2.72. The van der Waals surface area contributed by atoms with Crippen LogP contribution >= 0.6 is 0 Å². The zero-order valence-electron chi connectivity index (χ0n) is 12.0. The smallest absolute Gasteiger partial charge is 0.320 e. The van der Waals surface area contributed by atoms with Crippen LogP contribution in [0.25, 0.3) is 0 Å². The van der Waals surface area contributed by atoms with Gasteiger partial charge < -0.3 is 19.8 Å². The van der Waals surface area contributed by atoms with E-state index in [1.807, 2.05) is 0 Å². The summed E-state index contributed by atoms with van der Waals surface area (Å²) >= 11 is 0. The Labute approximate surface area is 113 Å². The minimum absolute atomic E-state index is 0.00586. The van der Waals surface area contributed by atoms with Gasteiger partial charge in [0.25, 0.3) is 0 Å². The largest absolute Gasteiger partial charge is 0.481 e. The van der Waals surface area contributed by atoms with E-state index in [0.29, 0.717) is 13.1 Å². The highest BCUT2D eigenvalue weighted by molar-refractivity contribution is 5.84. The summed E-state index contributed by atoms with van der Waals surface area (Å²) < 4.78 is 0. The molecule has 0 bridgehead atoms. The number of hydrogen-bond acceptors (Lipinski definition) is 3. The molecule has 0 aliphatic carbocycles. The van der Waals surface area contributed by atoms with Crippen molar-refractivity contribution in [1.82, 2.24) is 14.7 Å². The molecule has 0 rings (SSSR count). The van der Waals surface area contributed by atoms with Crippen molar-refractivity contribution >= 4 is 17.9 Å². The van der Waals surface area contributed by atoms with Crippen molar-refractivity contribution in [2.24, 2.45) is 0 Å². The van der Waals surface area contributed by atoms with Crippen molar-refractivity contribution in [3.8, 4) is 0 Å². The summed E-state index contributed by atoms with van der Waals surface area (Å²) in [6, 6.07) is -0.304. The first-order chi connectivity index (χ1) is 8.83. The second-order valence-corrected chi connectivity index (χ2v) is 4.31. The van der Waals surface area contributed by atoms with E-state index in [0.717, 1.165) is 0 Å². The van der Waals surface area contributed by atoms with Crippen LogP contribution in [0.2, 0.25) is 0 Å². The number of urea groups is 1. The molecule has 0 fully saturated rings. The van der Waals surface area contributed by atoms with E-state index in [1.165, 1.54) is 14.7 Å². The Morgan fingerprint density at radius 3 is 1.89 bits per heavy atom. The van der Waals surface area contributed by atoms with E-state index in [-0.39, 0.29) is 31.4 Å². The Morgan fingerprint density at radius 1 is 1.00 bits per heavy atom. The minimum Gasteiger partial charge on any atom is -0.481 e. The molecule has 7 nitrogen and oxygen atoms in total. The van der Waals surface area contributed by atoms with Gasteiger partial charge in [0, 0.05) is 33.7 Å². The summed E-state index contributed by atoms with van der Waals surface area (Å²) in [7, 11) is 3.26. The van der Waals surface area contributed by atoms with Gasteiger partial charge in [-0.25, -0.2) is 4.79 Å². The highest BCUT2D eigenvalue weighted by atomic mass is 16.4. The highest BCUT2D eigenvalue weighted by Crippen LogP contribution is 2.01. The second-order valence-electron chi connectivity index (χ2n) is 4.31. The molecule has 110 valence electrons. The number of rotatable bonds is 7. The standard InChI is InChI=1S/C12H23N3O4/c1-5-14(8-7-11(17)18)12(19)15(6-2)9-10(16)13(3)4/h5-9H2,1-4H3,(H,17,18). The maximum atomic E-state index is 12.2. The van der Waals surface area contributed by atoms with Crippen LogP contribution in [0, 0.1) is 0 Å². The first-order valence-electron chi connectivity index (χ1n) is 6.29. The van der Waals surface area contributed by atoms with Gasteiger partial charge in [0.05, 0.1) is 6.42 Å². The number of hydrogen-bond donors (Lipinski definition) is 1. The number of carboxylic acids is 1. The molecular weight excluding hydrogens is 250 g/mol. The summed E-state index contributed by atoms with van der Waals surface area (Å²) in [6.07, 6.45) is -0.0985. The second kappa shape index (κ2) is 8.34. The molecule has 19 heavy (non-hydrogen) atoms. The van der Waals surface area contributed by atoms with Gasteiger partial charge in [-0.2, -0.15) is 0 Å². The van der Waals surface area contributed by atoms with Crippen molar-refractivity contribution in [1.29, 1.82) is 0 Å². The summed E-state index contributed by atoms with van der Waals surface area (Å²) in [4.78, 5) is 38.6. The summed E-state index contributed by atoms with van der Waals surface area (Å²) in [5.74, 6) is -1.11. The van der Waals surface area contributed by atoms with E-state index in [4.69, 9.17) is 5.11 Å². The molecule has 0 saturated carbocycles. The lowest BCUT2D eigenvalue weighted by Gasteiger charge is -2.29. The lowest BCUT2D eigenvalue weighted by atomic mass is 10.3. The molecule has 0 heterocycles. The lowest BCUT2D eigenvalue weighted by Crippen LogP contribution is -2.47. The fourth-order valence-corrected chi connectivity index (χ4v) is 1.44. The number of carbonyl (C=O) groups is 3.